The van der Waals surface area contributed by atoms with Crippen LogP contribution in [0.15, 0.2) is 0 Å². The van der Waals surface area contributed by atoms with Crippen LogP contribution in [0.5, 0.6) is 0 Å². The van der Waals surface area contributed by atoms with E-state index in [0.717, 1.165) is 0 Å². The summed E-state index contributed by atoms with van der Waals surface area (Å²) in [6.07, 6.45) is 0. The Morgan fingerprint density at radius 1 is 1.40 bits per heavy atom. The maximum Gasteiger partial charge on any atom is 0 e. The van der Waals surface area contributed by atoms with E-state index in [9.17, 15) is 0 Å². The molecule has 28 valence electrons. The molecule has 5 heavy (non-hydrogen) atoms. The van der Waals surface area contributed by atoms with Gasteiger partial charge in [0, 0.05) is 38.2 Å². The summed E-state index contributed by atoms with van der Waals surface area (Å²) in [5.74, 6) is 0. The quantitative estimate of drug-likeness (QED) is 0.402. The Balaban J connectivity index is -0.000000000833. The van der Waals surface area contributed by atoms with Gasteiger partial charge in [-0.2, -0.15) is 0 Å². The van der Waals surface area contributed by atoms with Gasteiger partial charge in [0.15, 0.2) is 0 Å². The summed E-state index contributed by atoms with van der Waals surface area (Å²) in [7, 11) is 0. The van der Waals surface area contributed by atoms with Crippen LogP contribution in [0.4, 0.5) is 0 Å². The molecule has 0 heterocycles. The second-order valence-electron chi connectivity index (χ2n) is 0. The molecule has 0 saturated heterocycles. The third-order valence-electron chi connectivity index (χ3n) is 0. The minimum absolute atomic E-state index is 0. The average Bonchev–Trinajstić information content (AvgIpc) is 1.00. The van der Waals surface area contributed by atoms with Crippen molar-refractivity contribution in [3.8, 4) is 0 Å². The summed E-state index contributed by atoms with van der Waals surface area (Å²) in [5, 5.41) is 0. The molecule has 0 atom stereocenters. The molecule has 0 aliphatic heterocycles. The molecule has 0 radical (unpaired) electrons. The summed E-state index contributed by atoms with van der Waals surface area (Å²) in [6.45, 7) is 0. The second-order valence-corrected chi connectivity index (χ2v) is 0. The normalized spacial score (nSPS) is 0.800. The van der Waals surface area contributed by atoms with E-state index in [-0.39, 0.29) is 58.5 Å². The van der Waals surface area contributed by atoms with Crippen molar-refractivity contribution in [3.63, 3.8) is 0 Å². The molecular weight excluding hydrogens is 225 g/mol. The molecule has 0 unspecified atom stereocenters. The molecule has 5 heteroatoms. The molecule has 0 spiro atoms. The molecule has 0 aromatic heterocycles. The predicted octanol–water partition coefficient (Wildman–Crippen LogP) is -3.01. The van der Waals surface area contributed by atoms with Gasteiger partial charge in [0.25, 0.3) is 0 Å². The van der Waals surface area contributed by atoms with Crippen molar-refractivity contribution >= 4 is 0 Å². The van der Waals surface area contributed by atoms with Crippen LogP contribution < -0.4 is 18.9 Å². The Bertz CT molecular complexity index is 15.5. The molecular formula is HLiMoNiOTi. The monoisotopic (exact) mass is 228 g/mol. The molecule has 0 N–H and O–H groups in total. The topological polar surface area (TPSA) is 17.1 Å². The van der Waals surface area contributed by atoms with Gasteiger partial charge in [-0.05, 0) is 0 Å². The van der Waals surface area contributed by atoms with Gasteiger partial charge in [0.2, 0.25) is 0 Å². The predicted molar refractivity (Wildman–Crippen MR) is 1.80 cm³/mol. The van der Waals surface area contributed by atoms with E-state index in [4.69, 9.17) is 3.40 Å². The number of hydrogen-bond acceptors (Lipinski definition) is 1. The van der Waals surface area contributed by atoms with Gasteiger partial charge in [-0.15, -0.1) is 0 Å². The van der Waals surface area contributed by atoms with Gasteiger partial charge in [0.05, 0.1) is 0 Å². The molecule has 0 aliphatic carbocycles. The summed E-state index contributed by atoms with van der Waals surface area (Å²) in [6, 6.07) is 0. The summed E-state index contributed by atoms with van der Waals surface area (Å²) < 4.78 is 8.26. The number of rotatable bonds is 0. The third-order valence-corrected chi connectivity index (χ3v) is 0. The van der Waals surface area contributed by atoms with Gasteiger partial charge in [0.1, 0.15) is 0 Å². The Hall–Kier alpha value is 2.29. The Morgan fingerprint density at radius 2 is 1.40 bits per heavy atom. The molecule has 0 amide bonds. The van der Waals surface area contributed by atoms with Crippen LogP contribution in [0.25, 0.3) is 0 Å². The fraction of sp³-hybridized carbons (Fsp3) is 0. The second kappa shape index (κ2) is 33.5. The summed E-state index contributed by atoms with van der Waals surface area (Å²) in [5.41, 5.74) is 0. The molecule has 0 rings (SSSR count). The maximum atomic E-state index is 8.26. The van der Waals surface area contributed by atoms with E-state index < -0.39 is 0 Å². The first-order valence-electron chi connectivity index (χ1n) is 0.167. The zero-order valence-corrected chi connectivity index (χ0v) is 7.19. The minimum Gasteiger partial charge on any atom is 0 e. The van der Waals surface area contributed by atoms with Crippen LogP contribution in [0.1, 0.15) is 1.43 Å². The molecule has 0 aromatic carbocycles. The molecule has 0 aromatic rings. The van der Waals surface area contributed by atoms with E-state index >= 15 is 0 Å². The molecule has 0 fully saturated rings. The first-order chi connectivity index (χ1) is 1.00. The van der Waals surface area contributed by atoms with Gasteiger partial charge in [-0.3, -0.25) is 0 Å². The minimum atomic E-state index is 0. The van der Waals surface area contributed by atoms with Crippen molar-refractivity contribution in [3.05, 3.63) is 0 Å². The Labute approximate surface area is 80.7 Å². The van der Waals surface area contributed by atoms with E-state index in [1.54, 1.807) is 0 Å². The molecule has 0 bridgehead atoms. The molecule has 0 aliphatic rings. The molecule has 1 nitrogen and oxygen atoms in total. The van der Waals surface area contributed by atoms with Gasteiger partial charge < -0.3 is 1.43 Å². The molecule has 0 saturated carbocycles. The third kappa shape index (κ3) is 22.1. The van der Waals surface area contributed by atoms with E-state index in [1.807, 2.05) is 0 Å². The van der Waals surface area contributed by atoms with E-state index in [1.165, 1.54) is 0 Å². The SMILES string of the molecule is [H-].[Li+].[Ni].[O]=[Mo].[Ti]. The zero-order chi connectivity index (χ0) is 2.00. The summed E-state index contributed by atoms with van der Waals surface area (Å²) in [4.78, 5) is 0. The van der Waals surface area contributed by atoms with E-state index in [2.05, 4.69) is 0 Å². The fourth-order valence-electron chi connectivity index (χ4n) is 0. The summed E-state index contributed by atoms with van der Waals surface area (Å²) >= 11 is 0.700. The van der Waals surface area contributed by atoms with Gasteiger partial charge >= 0.3 is 42.0 Å². The van der Waals surface area contributed by atoms with Crippen molar-refractivity contribution in [2.75, 3.05) is 0 Å². The van der Waals surface area contributed by atoms with Gasteiger partial charge in [-0.1, -0.05) is 0 Å². The zero-order valence-electron chi connectivity index (χ0n) is 3.63. The van der Waals surface area contributed by atoms with E-state index in [0.29, 0.717) is 19.8 Å². The van der Waals surface area contributed by atoms with Crippen LogP contribution in [-0.2, 0) is 61.4 Å². The smallest absolute Gasteiger partial charge is 0 e. The van der Waals surface area contributed by atoms with Crippen molar-refractivity contribution in [1.29, 1.82) is 0 Å². The van der Waals surface area contributed by atoms with Crippen molar-refractivity contribution < 1.29 is 81.7 Å². The van der Waals surface area contributed by atoms with Crippen LogP contribution in [0.2, 0.25) is 0 Å². The van der Waals surface area contributed by atoms with Crippen LogP contribution >= 0.6 is 0 Å². The Kier molecular flexibility index (Phi) is 179. The average molecular weight is 226 g/mol. The van der Waals surface area contributed by atoms with Crippen LogP contribution in [0.3, 0.4) is 0 Å². The first-order valence-corrected chi connectivity index (χ1v) is 0.986. The van der Waals surface area contributed by atoms with Crippen LogP contribution in [0, 0.1) is 0 Å². The number of hydrogen-bond donors (Lipinski definition) is 0. The van der Waals surface area contributed by atoms with Crippen molar-refractivity contribution in [2.45, 2.75) is 0 Å². The van der Waals surface area contributed by atoms with Crippen molar-refractivity contribution in [2.24, 2.45) is 0 Å². The van der Waals surface area contributed by atoms with Crippen molar-refractivity contribution in [1.82, 2.24) is 0 Å². The van der Waals surface area contributed by atoms with Gasteiger partial charge in [-0.25, -0.2) is 0 Å². The Morgan fingerprint density at radius 3 is 1.40 bits per heavy atom. The maximum absolute atomic E-state index is 8.26. The fourth-order valence-corrected chi connectivity index (χ4v) is 0. The first kappa shape index (κ1) is 26.6. The standard InChI is InChI=1S/Li.Mo.Ni.O.Ti.H/q+1;;;;;-1. The van der Waals surface area contributed by atoms with Crippen LogP contribution in [-0.4, -0.2) is 0 Å². The largest absolute Gasteiger partial charge is 0 e.